The van der Waals surface area contributed by atoms with Gasteiger partial charge >= 0.3 is 5.97 Å². The first kappa shape index (κ1) is 14.7. The molecule has 5 nitrogen and oxygen atoms in total. The lowest BCUT2D eigenvalue weighted by atomic mass is 10.2. The molecule has 1 amide bonds. The largest absolute Gasteiger partial charge is 0.462 e. The zero-order chi connectivity index (χ0) is 13.5. The summed E-state index contributed by atoms with van der Waals surface area (Å²) in [5, 5.41) is 2.65. The van der Waals surface area contributed by atoms with E-state index in [1.807, 2.05) is 0 Å². The Balaban J connectivity index is 2.79. The normalized spacial score (nSPS) is 9.94. The summed E-state index contributed by atoms with van der Waals surface area (Å²) in [7, 11) is 1.44. The summed E-state index contributed by atoms with van der Waals surface area (Å²) in [5.74, 6) is -0.657. The molecule has 0 radical (unpaired) electrons. The number of ether oxygens (including phenoxy) is 2. The number of benzene rings is 1. The molecule has 0 unspecified atom stereocenters. The van der Waals surface area contributed by atoms with Crippen LogP contribution in [0.1, 0.15) is 17.3 Å². The first-order valence-electron chi connectivity index (χ1n) is 5.34. The Kier molecular flexibility index (Phi) is 5.80. The molecule has 0 spiro atoms. The maximum absolute atomic E-state index is 11.5. The Hall–Kier alpha value is -1.40. The zero-order valence-corrected chi connectivity index (χ0v) is 11.7. The number of methoxy groups -OCH3 is 1. The Morgan fingerprint density at radius 2 is 2.11 bits per heavy atom. The minimum Gasteiger partial charge on any atom is -0.462 e. The predicted octanol–water partition coefficient (Wildman–Crippen LogP) is 2.21. The molecular formula is C12H14BrNO4. The number of carbonyl (C=O) groups is 2. The molecule has 18 heavy (non-hydrogen) atoms. The minimum atomic E-state index is -0.395. The van der Waals surface area contributed by atoms with Crippen LogP contribution in [-0.4, -0.2) is 32.2 Å². The Labute approximate surface area is 114 Å². The summed E-state index contributed by atoms with van der Waals surface area (Å²) in [6.45, 7) is 2.04. The highest BCUT2D eigenvalue weighted by Crippen LogP contribution is 2.24. The summed E-state index contributed by atoms with van der Waals surface area (Å²) in [5.41, 5.74) is 0.999. The van der Waals surface area contributed by atoms with E-state index in [2.05, 4.69) is 21.2 Å². The SMILES string of the molecule is CCOC(=O)c1ccc(NC(=O)COC)c(Br)c1. The van der Waals surface area contributed by atoms with Crippen LogP contribution in [0.4, 0.5) is 5.69 Å². The third-order valence-electron chi connectivity index (χ3n) is 2.03. The first-order chi connectivity index (χ1) is 8.58. The summed E-state index contributed by atoms with van der Waals surface area (Å²) in [6, 6.07) is 4.81. The maximum atomic E-state index is 11.5. The summed E-state index contributed by atoms with van der Waals surface area (Å²) < 4.78 is 10.2. The van der Waals surface area contributed by atoms with E-state index < -0.39 is 5.97 Å². The average molecular weight is 316 g/mol. The van der Waals surface area contributed by atoms with Gasteiger partial charge in [0.1, 0.15) is 6.61 Å². The van der Waals surface area contributed by atoms with E-state index in [9.17, 15) is 9.59 Å². The quantitative estimate of drug-likeness (QED) is 0.846. The van der Waals surface area contributed by atoms with Crippen LogP contribution in [0.2, 0.25) is 0 Å². The second kappa shape index (κ2) is 7.13. The van der Waals surface area contributed by atoms with Crippen molar-refractivity contribution in [3.05, 3.63) is 28.2 Å². The van der Waals surface area contributed by atoms with Gasteiger partial charge in [-0.2, -0.15) is 0 Å². The van der Waals surface area contributed by atoms with Crippen LogP contribution in [-0.2, 0) is 14.3 Å². The van der Waals surface area contributed by atoms with Crippen LogP contribution in [0, 0.1) is 0 Å². The van der Waals surface area contributed by atoms with Crippen molar-refractivity contribution in [1.82, 2.24) is 0 Å². The van der Waals surface area contributed by atoms with Gasteiger partial charge in [-0.15, -0.1) is 0 Å². The highest BCUT2D eigenvalue weighted by Gasteiger charge is 2.10. The van der Waals surface area contributed by atoms with Crippen molar-refractivity contribution in [1.29, 1.82) is 0 Å². The Bertz CT molecular complexity index is 448. The summed E-state index contributed by atoms with van der Waals surface area (Å²) >= 11 is 3.28. The van der Waals surface area contributed by atoms with E-state index in [1.165, 1.54) is 7.11 Å². The van der Waals surface area contributed by atoms with Gasteiger partial charge in [-0.1, -0.05) is 0 Å². The van der Waals surface area contributed by atoms with Crippen LogP contribution in [0.25, 0.3) is 0 Å². The monoisotopic (exact) mass is 315 g/mol. The molecule has 0 aliphatic carbocycles. The van der Waals surface area contributed by atoms with E-state index in [-0.39, 0.29) is 12.5 Å². The smallest absolute Gasteiger partial charge is 0.338 e. The van der Waals surface area contributed by atoms with E-state index >= 15 is 0 Å². The van der Waals surface area contributed by atoms with Crippen LogP contribution in [0.15, 0.2) is 22.7 Å². The lowest BCUT2D eigenvalue weighted by Gasteiger charge is -2.08. The van der Waals surface area contributed by atoms with Crippen molar-refractivity contribution < 1.29 is 19.1 Å². The average Bonchev–Trinajstić information content (AvgIpc) is 2.32. The summed E-state index contributed by atoms with van der Waals surface area (Å²) in [4.78, 5) is 22.8. The third kappa shape index (κ3) is 4.12. The number of halogens is 1. The van der Waals surface area contributed by atoms with Gasteiger partial charge in [0.15, 0.2) is 0 Å². The molecule has 0 saturated heterocycles. The van der Waals surface area contributed by atoms with E-state index in [0.717, 1.165) is 0 Å². The van der Waals surface area contributed by atoms with E-state index in [4.69, 9.17) is 9.47 Å². The van der Waals surface area contributed by atoms with E-state index in [1.54, 1.807) is 25.1 Å². The lowest BCUT2D eigenvalue weighted by Crippen LogP contribution is -2.17. The molecule has 0 heterocycles. The number of hydrogen-bond acceptors (Lipinski definition) is 4. The summed E-state index contributed by atoms with van der Waals surface area (Å²) in [6.07, 6.45) is 0. The molecule has 1 aromatic carbocycles. The lowest BCUT2D eigenvalue weighted by molar-refractivity contribution is -0.119. The van der Waals surface area contributed by atoms with Crippen molar-refractivity contribution in [2.75, 3.05) is 25.6 Å². The fourth-order valence-electron chi connectivity index (χ4n) is 1.28. The zero-order valence-electron chi connectivity index (χ0n) is 10.2. The first-order valence-corrected chi connectivity index (χ1v) is 6.13. The van der Waals surface area contributed by atoms with Gasteiger partial charge in [-0.3, -0.25) is 4.79 Å². The maximum Gasteiger partial charge on any atom is 0.338 e. The van der Waals surface area contributed by atoms with Gasteiger partial charge in [-0.25, -0.2) is 4.79 Å². The van der Waals surface area contributed by atoms with Crippen LogP contribution < -0.4 is 5.32 Å². The number of nitrogens with one attached hydrogen (secondary N) is 1. The molecule has 98 valence electrons. The highest BCUT2D eigenvalue weighted by molar-refractivity contribution is 9.10. The number of amides is 1. The van der Waals surface area contributed by atoms with Crippen molar-refractivity contribution >= 4 is 33.5 Å². The standard InChI is InChI=1S/C12H14BrNO4/c1-3-18-12(16)8-4-5-10(9(13)6-8)14-11(15)7-17-2/h4-6H,3,7H2,1-2H3,(H,14,15). The van der Waals surface area contributed by atoms with Crippen LogP contribution in [0.5, 0.6) is 0 Å². The van der Waals surface area contributed by atoms with Gasteiger partial charge in [0.25, 0.3) is 0 Å². The topological polar surface area (TPSA) is 64.6 Å². The molecule has 6 heteroatoms. The molecule has 0 fully saturated rings. The number of carbonyl (C=O) groups excluding carboxylic acids is 2. The molecule has 1 N–H and O–H groups in total. The fourth-order valence-corrected chi connectivity index (χ4v) is 1.75. The van der Waals surface area contributed by atoms with Gasteiger partial charge in [0.05, 0.1) is 17.9 Å². The molecule has 0 saturated carbocycles. The molecular weight excluding hydrogens is 302 g/mol. The molecule has 0 aliphatic rings. The molecule has 0 atom stereocenters. The number of rotatable bonds is 5. The van der Waals surface area contributed by atoms with E-state index in [0.29, 0.717) is 22.3 Å². The third-order valence-corrected chi connectivity index (χ3v) is 2.69. The molecule has 0 aliphatic heterocycles. The van der Waals surface area contributed by atoms with Crippen LogP contribution >= 0.6 is 15.9 Å². The number of hydrogen-bond donors (Lipinski definition) is 1. The van der Waals surface area contributed by atoms with Gasteiger partial charge in [-0.05, 0) is 41.1 Å². The van der Waals surface area contributed by atoms with Gasteiger partial charge in [0, 0.05) is 11.6 Å². The molecule has 1 rings (SSSR count). The second-order valence-corrected chi connectivity index (χ2v) is 4.25. The molecule has 0 bridgehead atoms. The minimum absolute atomic E-state index is 0.0218. The fraction of sp³-hybridized carbons (Fsp3) is 0.333. The molecule has 0 aromatic heterocycles. The predicted molar refractivity (Wildman–Crippen MR) is 70.6 cm³/mol. The van der Waals surface area contributed by atoms with Gasteiger partial charge < -0.3 is 14.8 Å². The van der Waals surface area contributed by atoms with Crippen molar-refractivity contribution in [3.8, 4) is 0 Å². The molecule has 1 aromatic rings. The van der Waals surface area contributed by atoms with Crippen LogP contribution in [0.3, 0.4) is 0 Å². The second-order valence-electron chi connectivity index (χ2n) is 3.40. The number of esters is 1. The Morgan fingerprint density at radius 1 is 1.39 bits per heavy atom. The van der Waals surface area contributed by atoms with Gasteiger partial charge in [0.2, 0.25) is 5.91 Å². The van der Waals surface area contributed by atoms with Crippen molar-refractivity contribution in [2.45, 2.75) is 6.92 Å². The Morgan fingerprint density at radius 3 is 2.67 bits per heavy atom. The highest BCUT2D eigenvalue weighted by atomic mass is 79.9. The van der Waals surface area contributed by atoms with Crippen molar-refractivity contribution in [2.24, 2.45) is 0 Å². The number of anilines is 1. The van der Waals surface area contributed by atoms with Crippen molar-refractivity contribution in [3.63, 3.8) is 0 Å².